The molecule has 4 rings (SSSR count). The molecule has 0 fully saturated rings. The predicted molar refractivity (Wildman–Crippen MR) is 102 cm³/mol. The lowest BCUT2D eigenvalue weighted by atomic mass is 10.2. The van der Waals surface area contributed by atoms with Crippen LogP contribution in [0.2, 0.25) is 0 Å². The second-order valence-corrected chi connectivity index (χ2v) is 7.99. The maximum Gasteiger partial charge on any atom is 0.263 e. The molecule has 3 aromatic heterocycles. The Hall–Kier alpha value is -3.20. The van der Waals surface area contributed by atoms with Gasteiger partial charge in [0.25, 0.3) is 10.0 Å². The smallest absolute Gasteiger partial charge is 0.263 e. The molecule has 0 aliphatic carbocycles. The number of fused-ring (bicyclic) bond motifs is 1. The first-order valence-electron chi connectivity index (χ1n) is 8.28. The molecule has 0 saturated heterocycles. The second kappa shape index (κ2) is 6.20. The number of para-hydroxylation sites is 1. The van der Waals surface area contributed by atoms with Crippen LogP contribution in [0.5, 0.6) is 0 Å². The number of anilines is 1. The average Bonchev–Trinajstić information content (AvgIpc) is 3.18. The standard InChI is InChI=1S/C18H18N6O2S/c1-12-11-24(21-13(12)2)17-8-7-15(10-19-17)27(25,26)22-16-6-4-5-14-9-20-23(3)18(14)16/h4-11,22H,1-3H3. The number of pyridine rings is 1. The van der Waals surface area contributed by atoms with Crippen LogP contribution in [-0.4, -0.2) is 33.0 Å². The summed E-state index contributed by atoms with van der Waals surface area (Å²) in [6, 6.07) is 8.51. The van der Waals surface area contributed by atoms with Crippen LogP contribution >= 0.6 is 0 Å². The maximum absolute atomic E-state index is 12.8. The zero-order chi connectivity index (χ0) is 19.2. The SMILES string of the molecule is Cc1cn(-c2ccc(S(=O)(=O)Nc3cccc4cnn(C)c34)cn2)nc1C. The zero-order valence-corrected chi connectivity index (χ0v) is 15.9. The van der Waals surface area contributed by atoms with Gasteiger partial charge in [0.1, 0.15) is 4.90 Å². The molecular formula is C18H18N6O2S. The van der Waals surface area contributed by atoms with Crippen LogP contribution in [0.4, 0.5) is 5.69 Å². The van der Waals surface area contributed by atoms with E-state index < -0.39 is 10.0 Å². The Morgan fingerprint density at radius 2 is 1.89 bits per heavy atom. The molecule has 0 bridgehead atoms. The molecule has 0 unspecified atom stereocenters. The molecule has 4 aromatic rings. The van der Waals surface area contributed by atoms with Gasteiger partial charge < -0.3 is 0 Å². The number of hydrogen-bond acceptors (Lipinski definition) is 5. The molecule has 138 valence electrons. The lowest BCUT2D eigenvalue weighted by molar-refractivity contribution is 0.600. The average molecular weight is 382 g/mol. The van der Waals surface area contributed by atoms with Gasteiger partial charge in [-0.2, -0.15) is 10.2 Å². The van der Waals surface area contributed by atoms with Crippen LogP contribution in [0.15, 0.2) is 53.8 Å². The number of sulfonamides is 1. The first-order chi connectivity index (χ1) is 12.8. The minimum absolute atomic E-state index is 0.0750. The van der Waals surface area contributed by atoms with Gasteiger partial charge in [0, 0.05) is 24.8 Å². The van der Waals surface area contributed by atoms with E-state index in [-0.39, 0.29) is 4.90 Å². The summed E-state index contributed by atoms with van der Waals surface area (Å²) in [6.45, 7) is 3.87. The largest absolute Gasteiger partial charge is 0.277 e. The Balaban J connectivity index is 1.66. The van der Waals surface area contributed by atoms with Crippen molar-refractivity contribution in [2.45, 2.75) is 18.7 Å². The van der Waals surface area contributed by atoms with Gasteiger partial charge in [-0.15, -0.1) is 0 Å². The molecule has 27 heavy (non-hydrogen) atoms. The van der Waals surface area contributed by atoms with Crippen molar-refractivity contribution in [3.05, 3.63) is 60.2 Å². The Morgan fingerprint density at radius 3 is 2.56 bits per heavy atom. The van der Waals surface area contributed by atoms with Gasteiger partial charge in [-0.05, 0) is 37.6 Å². The molecule has 9 heteroatoms. The van der Waals surface area contributed by atoms with Crippen molar-refractivity contribution in [1.82, 2.24) is 24.5 Å². The van der Waals surface area contributed by atoms with Gasteiger partial charge >= 0.3 is 0 Å². The third kappa shape index (κ3) is 3.06. The summed E-state index contributed by atoms with van der Waals surface area (Å²) in [4.78, 5) is 4.32. The van der Waals surface area contributed by atoms with Crippen LogP contribution in [0.25, 0.3) is 16.7 Å². The van der Waals surface area contributed by atoms with Gasteiger partial charge in [-0.25, -0.2) is 18.1 Å². The first kappa shape index (κ1) is 17.2. The Morgan fingerprint density at radius 1 is 1.07 bits per heavy atom. The van der Waals surface area contributed by atoms with Gasteiger partial charge in [-0.1, -0.05) is 12.1 Å². The second-order valence-electron chi connectivity index (χ2n) is 6.31. The van der Waals surface area contributed by atoms with Crippen LogP contribution in [0.3, 0.4) is 0 Å². The number of rotatable bonds is 4. The highest BCUT2D eigenvalue weighted by Gasteiger charge is 2.18. The highest BCUT2D eigenvalue weighted by atomic mass is 32.2. The topological polar surface area (TPSA) is 94.7 Å². The molecule has 0 atom stereocenters. The summed E-state index contributed by atoms with van der Waals surface area (Å²) in [6.07, 6.45) is 4.87. The third-order valence-corrected chi connectivity index (χ3v) is 5.77. The molecule has 0 saturated carbocycles. The number of nitrogens with one attached hydrogen (secondary N) is 1. The van der Waals surface area contributed by atoms with E-state index in [9.17, 15) is 8.42 Å². The van der Waals surface area contributed by atoms with Crippen molar-refractivity contribution >= 4 is 26.6 Å². The minimum atomic E-state index is -3.78. The maximum atomic E-state index is 12.8. The van der Waals surface area contributed by atoms with E-state index in [1.807, 2.05) is 26.1 Å². The normalized spacial score (nSPS) is 11.8. The Kier molecular flexibility index (Phi) is 3.96. The lowest BCUT2D eigenvalue weighted by Crippen LogP contribution is -2.14. The first-order valence-corrected chi connectivity index (χ1v) is 9.76. The fraction of sp³-hybridized carbons (Fsp3) is 0.167. The highest BCUT2D eigenvalue weighted by Crippen LogP contribution is 2.25. The van der Waals surface area contributed by atoms with Crippen molar-refractivity contribution in [2.24, 2.45) is 7.05 Å². The summed E-state index contributed by atoms with van der Waals surface area (Å²) < 4.78 is 31.5. The van der Waals surface area contributed by atoms with Crippen LogP contribution in [-0.2, 0) is 17.1 Å². The van der Waals surface area contributed by atoms with E-state index in [1.54, 1.807) is 40.8 Å². The van der Waals surface area contributed by atoms with Crippen molar-refractivity contribution in [2.75, 3.05) is 4.72 Å². The predicted octanol–water partition coefficient (Wildman–Crippen LogP) is 2.57. The summed E-state index contributed by atoms with van der Waals surface area (Å²) in [7, 11) is -2.02. The summed E-state index contributed by atoms with van der Waals surface area (Å²) in [5.74, 6) is 0.555. The minimum Gasteiger partial charge on any atom is -0.277 e. The van der Waals surface area contributed by atoms with Crippen molar-refractivity contribution in [1.29, 1.82) is 0 Å². The van der Waals surface area contributed by atoms with E-state index in [1.165, 1.54) is 12.3 Å². The van der Waals surface area contributed by atoms with Gasteiger partial charge in [0.05, 0.1) is 23.1 Å². The van der Waals surface area contributed by atoms with E-state index in [0.717, 1.165) is 16.6 Å². The summed E-state index contributed by atoms with van der Waals surface area (Å²) >= 11 is 0. The third-order valence-electron chi connectivity index (χ3n) is 4.42. The Bertz CT molecular complexity index is 1220. The van der Waals surface area contributed by atoms with E-state index >= 15 is 0 Å². The Labute approximate surface area is 156 Å². The van der Waals surface area contributed by atoms with Crippen LogP contribution in [0.1, 0.15) is 11.3 Å². The van der Waals surface area contributed by atoms with Crippen LogP contribution < -0.4 is 4.72 Å². The van der Waals surface area contributed by atoms with Crippen LogP contribution in [0, 0.1) is 13.8 Å². The van der Waals surface area contributed by atoms with Gasteiger partial charge in [0.2, 0.25) is 0 Å². The quantitative estimate of drug-likeness (QED) is 0.585. The fourth-order valence-corrected chi connectivity index (χ4v) is 3.86. The number of hydrogen-bond donors (Lipinski definition) is 1. The molecule has 0 aliphatic heterocycles. The molecular weight excluding hydrogens is 364 g/mol. The number of benzene rings is 1. The van der Waals surface area contributed by atoms with E-state index in [4.69, 9.17) is 0 Å². The number of aromatic nitrogens is 5. The number of aryl methyl sites for hydroxylation is 3. The summed E-state index contributed by atoms with van der Waals surface area (Å²) in [5, 5.41) is 9.39. The molecule has 0 amide bonds. The van der Waals surface area contributed by atoms with E-state index in [2.05, 4.69) is 19.9 Å². The molecule has 1 N–H and O–H groups in total. The van der Waals surface area contributed by atoms with Crippen molar-refractivity contribution < 1.29 is 8.42 Å². The zero-order valence-electron chi connectivity index (χ0n) is 15.1. The molecule has 3 heterocycles. The number of nitrogens with zero attached hydrogens (tertiary/aromatic N) is 5. The monoisotopic (exact) mass is 382 g/mol. The fourth-order valence-electron chi connectivity index (χ4n) is 2.85. The van der Waals surface area contributed by atoms with Crippen molar-refractivity contribution in [3.63, 3.8) is 0 Å². The molecule has 0 spiro atoms. The van der Waals surface area contributed by atoms with Crippen molar-refractivity contribution in [3.8, 4) is 5.82 Å². The summed E-state index contributed by atoms with van der Waals surface area (Å²) in [5.41, 5.74) is 3.13. The molecule has 8 nitrogen and oxygen atoms in total. The van der Waals surface area contributed by atoms with Gasteiger partial charge in [-0.3, -0.25) is 9.40 Å². The molecule has 0 aliphatic rings. The lowest BCUT2D eigenvalue weighted by Gasteiger charge is -2.10. The van der Waals surface area contributed by atoms with Gasteiger partial charge in [0.15, 0.2) is 5.82 Å². The molecule has 0 radical (unpaired) electrons. The molecule has 1 aromatic carbocycles. The van der Waals surface area contributed by atoms with E-state index in [0.29, 0.717) is 17.0 Å². The highest BCUT2D eigenvalue weighted by molar-refractivity contribution is 7.92.